The van der Waals surface area contributed by atoms with Gasteiger partial charge in [0.25, 0.3) is 0 Å². The van der Waals surface area contributed by atoms with Crippen LogP contribution in [0.5, 0.6) is 0 Å². The fourth-order valence-electron chi connectivity index (χ4n) is 3.16. The van der Waals surface area contributed by atoms with Crippen LogP contribution in [0.25, 0.3) is 22.4 Å². The molecule has 0 radical (unpaired) electrons. The number of sulfone groups is 1. The van der Waals surface area contributed by atoms with Gasteiger partial charge in [0.2, 0.25) is 0 Å². The Morgan fingerprint density at radius 2 is 2.09 bits per heavy atom. The van der Waals surface area contributed by atoms with Gasteiger partial charge in [-0.2, -0.15) is 5.10 Å². The van der Waals surface area contributed by atoms with E-state index in [0.29, 0.717) is 18.1 Å². The van der Waals surface area contributed by atoms with Crippen LogP contribution in [0.15, 0.2) is 28.7 Å². The average Bonchev–Trinajstić information content (AvgIpc) is 3.13. The summed E-state index contributed by atoms with van der Waals surface area (Å²) in [5.41, 5.74) is 1.75. The number of benzene rings is 1. The van der Waals surface area contributed by atoms with Crippen LogP contribution in [-0.4, -0.2) is 34.7 Å². The molecule has 3 heterocycles. The molecule has 1 fully saturated rings. The fraction of sp³-hybridized carbons (Fsp3) is 0.375. The van der Waals surface area contributed by atoms with E-state index in [-0.39, 0.29) is 17.5 Å². The summed E-state index contributed by atoms with van der Waals surface area (Å²) in [7, 11) is -2.97. The SMILES string of the molecule is Cc1nc(-c2ccc3oc(C)cc3c2)n([C@@H]2CCS(=O)(=O)C2)n1. The first-order valence-corrected chi connectivity index (χ1v) is 9.37. The first kappa shape index (κ1) is 14.4. The lowest BCUT2D eigenvalue weighted by atomic mass is 10.1. The predicted molar refractivity (Wildman–Crippen MR) is 87.0 cm³/mol. The standard InChI is InChI=1S/C16H17N3O3S/c1-10-7-13-8-12(3-4-15(13)22-10)16-17-11(2)18-19(16)14-5-6-23(20,21)9-14/h3-4,7-8,14H,5-6,9H2,1-2H3/t14-/m1/s1. The Morgan fingerprint density at radius 1 is 1.26 bits per heavy atom. The normalized spacial score (nSPS) is 20.3. The van der Waals surface area contributed by atoms with Gasteiger partial charge in [0.15, 0.2) is 15.7 Å². The second-order valence-corrected chi connectivity index (χ2v) is 8.32. The third kappa shape index (κ3) is 2.55. The number of rotatable bonds is 2. The van der Waals surface area contributed by atoms with E-state index in [2.05, 4.69) is 10.1 Å². The van der Waals surface area contributed by atoms with Crippen molar-refractivity contribution in [3.05, 3.63) is 35.9 Å². The van der Waals surface area contributed by atoms with Gasteiger partial charge in [-0.1, -0.05) is 0 Å². The topological polar surface area (TPSA) is 78.0 Å². The fourth-order valence-corrected chi connectivity index (χ4v) is 4.86. The summed E-state index contributed by atoms with van der Waals surface area (Å²) < 4.78 is 30.9. The van der Waals surface area contributed by atoms with Gasteiger partial charge in [-0.05, 0) is 44.5 Å². The maximum Gasteiger partial charge on any atom is 0.158 e. The Bertz CT molecular complexity index is 1000. The highest BCUT2D eigenvalue weighted by molar-refractivity contribution is 7.91. The third-order valence-electron chi connectivity index (χ3n) is 4.19. The first-order valence-electron chi connectivity index (χ1n) is 7.55. The van der Waals surface area contributed by atoms with E-state index in [9.17, 15) is 8.42 Å². The summed E-state index contributed by atoms with van der Waals surface area (Å²) >= 11 is 0. The van der Waals surface area contributed by atoms with Gasteiger partial charge in [-0.3, -0.25) is 0 Å². The molecule has 0 bridgehead atoms. The highest BCUT2D eigenvalue weighted by Crippen LogP contribution is 2.30. The van der Waals surface area contributed by atoms with Crippen molar-refractivity contribution in [2.75, 3.05) is 11.5 Å². The number of hydrogen-bond donors (Lipinski definition) is 0. The Labute approximate surface area is 134 Å². The summed E-state index contributed by atoms with van der Waals surface area (Å²) in [5, 5.41) is 5.44. The van der Waals surface area contributed by atoms with Crippen LogP contribution in [0.1, 0.15) is 24.0 Å². The molecule has 1 aromatic carbocycles. The molecule has 1 aliphatic heterocycles. The second-order valence-electron chi connectivity index (χ2n) is 6.09. The maximum absolute atomic E-state index is 11.8. The maximum atomic E-state index is 11.8. The molecule has 3 aromatic rings. The zero-order chi connectivity index (χ0) is 16.2. The monoisotopic (exact) mass is 331 g/mol. The molecule has 0 N–H and O–H groups in total. The zero-order valence-electron chi connectivity index (χ0n) is 13.0. The van der Waals surface area contributed by atoms with Crippen molar-refractivity contribution in [2.45, 2.75) is 26.3 Å². The molecule has 23 heavy (non-hydrogen) atoms. The van der Waals surface area contributed by atoms with Crippen LogP contribution in [-0.2, 0) is 9.84 Å². The van der Waals surface area contributed by atoms with Crippen molar-refractivity contribution in [1.29, 1.82) is 0 Å². The van der Waals surface area contributed by atoms with E-state index in [1.165, 1.54) is 0 Å². The van der Waals surface area contributed by atoms with Crippen LogP contribution in [0.2, 0.25) is 0 Å². The van der Waals surface area contributed by atoms with Crippen molar-refractivity contribution in [2.24, 2.45) is 0 Å². The lowest BCUT2D eigenvalue weighted by molar-refractivity contribution is 0.501. The molecule has 120 valence electrons. The van der Waals surface area contributed by atoms with E-state index in [1.54, 1.807) is 4.68 Å². The van der Waals surface area contributed by atoms with E-state index in [0.717, 1.165) is 22.3 Å². The van der Waals surface area contributed by atoms with Crippen LogP contribution >= 0.6 is 0 Å². The second kappa shape index (κ2) is 4.92. The highest BCUT2D eigenvalue weighted by atomic mass is 32.2. The van der Waals surface area contributed by atoms with E-state index < -0.39 is 9.84 Å². The molecular formula is C16H17N3O3S. The van der Waals surface area contributed by atoms with E-state index in [1.807, 2.05) is 38.1 Å². The number of aromatic nitrogens is 3. The minimum absolute atomic E-state index is 0.135. The van der Waals surface area contributed by atoms with Gasteiger partial charge < -0.3 is 4.42 Å². The van der Waals surface area contributed by atoms with Crippen molar-refractivity contribution >= 4 is 20.8 Å². The molecule has 2 aromatic heterocycles. The summed E-state index contributed by atoms with van der Waals surface area (Å²) in [6.45, 7) is 3.74. The molecular weight excluding hydrogens is 314 g/mol. The van der Waals surface area contributed by atoms with Crippen molar-refractivity contribution < 1.29 is 12.8 Å². The van der Waals surface area contributed by atoms with Gasteiger partial charge in [-0.15, -0.1) is 0 Å². The van der Waals surface area contributed by atoms with Crippen LogP contribution in [0.3, 0.4) is 0 Å². The van der Waals surface area contributed by atoms with E-state index in [4.69, 9.17) is 4.42 Å². The number of hydrogen-bond acceptors (Lipinski definition) is 5. The zero-order valence-corrected chi connectivity index (χ0v) is 13.8. The Hall–Kier alpha value is -2.15. The molecule has 1 saturated heterocycles. The number of aryl methyl sites for hydroxylation is 2. The summed E-state index contributed by atoms with van der Waals surface area (Å²) in [6, 6.07) is 7.70. The third-order valence-corrected chi connectivity index (χ3v) is 5.94. The summed E-state index contributed by atoms with van der Waals surface area (Å²) in [6.07, 6.45) is 0.588. The smallest absolute Gasteiger partial charge is 0.158 e. The van der Waals surface area contributed by atoms with Gasteiger partial charge in [0, 0.05) is 10.9 Å². The van der Waals surface area contributed by atoms with E-state index >= 15 is 0 Å². The minimum atomic E-state index is -2.97. The van der Waals surface area contributed by atoms with Crippen LogP contribution < -0.4 is 0 Å². The van der Waals surface area contributed by atoms with Gasteiger partial charge in [-0.25, -0.2) is 18.1 Å². The number of fused-ring (bicyclic) bond motifs is 1. The molecule has 1 aliphatic rings. The lowest BCUT2D eigenvalue weighted by Crippen LogP contribution is -2.13. The quantitative estimate of drug-likeness (QED) is 0.721. The molecule has 1 atom stereocenters. The first-order chi connectivity index (χ1) is 10.9. The molecule has 7 heteroatoms. The Kier molecular flexibility index (Phi) is 3.09. The highest BCUT2D eigenvalue weighted by Gasteiger charge is 2.31. The predicted octanol–water partition coefficient (Wildman–Crippen LogP) is 2.67. The van der Waals surface area contributed by atoms with Gasteiger partial charge in [0.1, 0.15) is 17.2 Å². The molecule has 0 amide bonds. The van der Waals surface area contributed by atoms with Crippen molar-refractivity contribution in [1.82, 2.24) is 14.8 Å². The van der Waals surface area contributed by atoms with Crippen LogP contribution in [0, 0.1) is 13.8 Å². The number of furan rings is 1. The number of nitrogens with zero attached hydrogens (tertiary/aromatic N) is 3. The Morgan fingerprint density at radius 3 is 2.83 bits per heavy atom. The molecule has 0 saturated carbocycles. The molecule has 0 unspecified atom stereocenters. The average molecular weight is 331 g/mol. The molecule has 6 nitrogen and oxygen atoms in total. The largest absolute Gasteiger partial charge is 0.461 e. The lowest BCUT2D eigenvalue weighted by Gasteiger charge is -2.11. The Balaban J connectivity index is 1.81. The van der Waals surface area contributed by atoms with Crippen LogP contribution in [0.4, 0.5) is 0 Å². The van der Waals surface area contributed by atoms with Gasteiger partial charge >= 0.3 is 0 Å². The minimum Gasteiger partial charge on any atom is -0.461 e. The summed E-state index contributed by atoms with van der Waals surface area (Å²) in [5.74, 6) is 2.57. The van der Waals surface area contributed by atoms with Crippen molar-refractivity contribution in [3.63, 3.8) is 0 Å². The van der Waals surface area contributed by atoms with Gasteiger partial charge in [0.05, 0.1) is 17.5 Å². The van der Waals surface area contributed by atoms with Crippen molar-refractivity contribution in [3.8, 4) is 11.4 Å². The molecule has 4 rings (SSSR count). The molecule has 0 aliphatic carbocycles. The summed E-state index contributed by atoms with van der Waals surface area (Å²) in [4.78, 5) is 4.51. The molecule has 0 spiro atoms.